The molecule has 29 heavy (non-hydrogen) atoms. The number of nitrogens with one attached hydrogen (secondary N) is 2. The lowest BCUT2D eigenvalue weighted by Crippen LogP contribution is -2.42. The summed E-state index contributed by atoms with van der Waals surface area (Å²) >= 11 is 0. The first kappa shape index (κ1) is 23.2. The average Bonchev–Trinajstić information content (AvgIpc) is 2.97. The number of carbonyl (C=O) groups is 1. The predicted molar refractivity (Wildman–Crippen MR) is 107 cm³/mol. The number of piperidine rings is 1. The maximum Gasteiger partial charge on any atom is 0.416 e. The number of hydrogen-bond donors (Lipinski definition) is 2. The summed E-state index contributed by atoms with van der Waals surface area (Å²) < 4.78 is 42.4. The second-order valence-electron chi connectivity index (χ2n) is 7.47. The Hall–Kier alpha value is -2.06. The average molecular weight is 431 g/mol. The van der Waals surface area contributed by atoms with E-state index < -0.39 is 11.7 Å². The molecule has 2 N–H and O–H groups in total. The summed E-state index contributed by atoms with van der Waals surface area (Å²) in [6.45, 7) is 6.17. The molecule has 1 amide bonds. The predicted octanol–water partition coefficient (Wildman–Crippen LogP) is 3.93. The first-order valence-corrected chi connectivity index (χ1v) is 9.40. The zero-order chi connectivity index (χ0) is 20.5. The van der Waals surface area contributed by atoms with Gasteiger partial charge in [-0.1, -0.05) is 6.07 Å². The molecule has 1 aliphatic heterocycles. The number of aryl methyl sites for hydroxylation is 2. The fraction of sp³-hybridized carbons (Fsp3) is 0.500. The van der Waals surface area contributed by atoms with Crippen LogP contribution in [0.5, 0.6) is 0 Å². The minimum Gasteiger partial charge on any atom is -0.352 e. The van der Waals surface area contributed by atoms with E-state index in [0.29, 0.717) is 18.5 Å². The highest BCUT2D eigenvalue weighted by molar-refractivity contribution is 5.85. The number of nitrogens with zero attached hydrogens (tertiary/aromatic N) is 2. The van der Waals surface area contributed by atoms with Crippen molar-refractivity contribution in [3.05, 3.63) is 46.8 Å². The van der Waals surface area contributed by atoms with Gasteiger partial charge < -0.3 is 10.6 Å². The number of rotatable bonds is 4. The Bertz CT molecular complexity index is 866. The van der Waals surface area contributed by atoms with Crippen LogP contribution in [0.2, 0.25) is 0 Å². The van der Waals surface area contributed by atoms with E-state index in [-0.39, 0.29) is 42.4 Å². The topological polar surface area (TPSA) is 59.0 Å². The molecule has 0 bridgehead atoms. The van der Waals surface area contributed by atoms with E-state index in [9.17, 15) is 18.0 Å². The van der Waals surface area contributed by atoms with Gasteiger partial charge in [0.05, 0.1) is 16.9 Å². The molecule has 0 spiro atoms. The SMILES string of the molecule is Cc1cc(C)n(-c2ccc(CNC(=O)[C@H]3CCN[C@@H](C)C3)c(C(F)(F)F)c2)n1.Cl. The van der Waals surface area contributed by atoms with E-state index in [4.69, 9.17) is 0 Å². The summed E-state index contributed by atoms with van der Waals surface area (Å²) in [6.07, 6.45) is -3.14. The molecular formula is C20H26ClF3N4O. The highest BCUT2D eigenvalue weighted by Crippen LogP contribution is 2.34. The number of amides is 1. The Morgan fingerprint density at radius 2 is 2.03 bits per heavy atom. The number of carbonyl (C=O) groups excluding carboxylic acids is 1. The van der Waals surface area contributed by atoms with Crippen LogP contribution in [0.4, 0.5) is 13.2 Å². The van der Waals surface area contributed by atoms with Crippen LogP contribution in [-0.2, 0) is 17.5 Å². The molecule has 2 heterocycles. The number of benzene rings is 1. The highest BCUT2D eigenvalue weighted by Gasteiger charge is 2.34. The molecule has 0 aliphatic carbocycles. The van der Waals surface area contributed by atoms with Crippen LogP contribution in [0.1, 0.15) is 42.3 Å². The van der Waals surface area contributed by atoms with Crippen LogP contribution in [0.15, 0.2) is 24.3 Å². The van der Waals surface area contributed by atoms with Crippen molar-refractivity contribution in [2.75, 3.05) is 6.54 Å². The minimum atomic E-state index is -4.52. The fourth-order valence-electron chi connectivity index (χ4n) is 3.70. The van der Waals surface area contributed by atoms with Crippen molar-refractivity contribution in [1.82, 2.24) is 20.4 Å². The molecule has 3 rings (SSSR count). The Morgan fingerprint density at radius 3 is 2.62 bits per heavy atom. The zero-order valence-corrected chi connectivity index (χ0v) is 17.5. The summed E-state index contributed by atoms with van der Waals surface area (Å²) in [4.78, 5) is 12.4. The lowest BCUT2D eigenvalue weighted by atomic mass is 9.92. The lowest BCUT2D eigenvalue weighted by Gasteiger charge is -2.27. The summed E-state index contributed by atoms with van der Waals surface area (Å²) in [5.41, 5.74) is 1.13. The molecule has 1 aromatic heterocycles. The van der Waals surface area contributed by atoms with E-state index in [2.05, 4.69) is 15.7 Å². The molecule has 9 heteroatoms. The van der Waals surface area contributed by atoms with E-state index >= 15 is 0 Å². The van der Waals surface area contributed by atoms with Gasteiger partial charge in [-0.05, 0) is 63.9 Å². The second-order valence-corrected chi connectivity index (χ2v) is 7.47. The van der Waals surface area contributed by atoms with Crippen molar-refractivity contribution < 1.29 is 18.0 Å². The van der Waals surface area contributed by atoms with Gasteiger partial charge in [-0.2, -0.15) is 18.3 Å². The van der Waals surface area contributed by atoms with Gasteiger partial charge in [-0.15, -0.1) is 12.4 Å². The van der Waals surface area contributed by atoms with Crippen LogP contribution in [0, 0.1) is 19.8 Å². The molecule has 0 radical (unpaired) electrons. The summed E-state index contributed by atoms with van der Waals surface area (Å²) in [6, 6.07) is 6.15. The van der Waals surface area contributed by atoms with E-state index in [0.717, 1.165) is 24.0 Å². The third kappa shape index (κ3) is 5.51. The first-order chi connectivity index (χ1) is 13.1. The molecule has 2 atom stereocenters. The Labute approximate surface area is 174 Å². The Morgan fingerprint density at radius 1 is 1.31 bits per heavy atom. The molecule has 1 aliphatic rings. The zero-order valence-electron chi connectivity index (χ0n) is 16.6. The summed E-state index contributed by atoms with van der Waals surface area (Å²) in [7, 11) is 0. The van der Waals surface area contributed by atoms with Crippen molar-refractivity contribution in [2.24, 2.45) is 5.92 Å². The second kappa shape index (κ2) is 9.17. The van der Waals surface area contributed by atoms with Crippen molar-refractivity contribution in [3.8, 4) is 5.69 Å². The molecule has 1 aromatic carbocycles. The smallest absolute Gasteiger partial charge is 0.352 e. The molecular weight excluding hydrogens is 405 g/mol. The van der Waals surface area contributed by atoms with Gasteiger partial charge >= 0.3 is 6.18 Å². The third-order valence-electron chi connectivity index (χ3n) is 5.10. The molecule has 2 aromatic rings. The van der Waals surface area contributed by atoms with Crippen LogP contribution in [0.25, 0.3) is 5.69 Å². The van der Waals surface area contributed by atoms with Crippen LogP contribution in [-0.4, -0.2) is 28.3 Å². The Balaban J connectivity index is 0.00000300. The van der Waals surface area contributed by atoms with Crippen LogP contribution >= 0.6 is 12.4 Å². The number of aromatic nitrogens is 2. The van der Waals surface area contributed by atoms with E-state index in [1.807, 2.05) is 6.92 Å². The highest BCUT2D eigenvalue weighted by atomic mass is 35.5. The Kier molecular flexibility index (Phi) is 7.35. The quantitative estimate of drug-likeness (QED) is 0.772. The van der Waals surface area contributed by atoms with Gasteiger partial charge in [-0.25, -0.2) is 4.68 Å². The molecule has 5 nitrogen and oxygen atoms in total. The number of hydrogen-bond acceptors (Lipinski definition) is 3. The van der Waals surface area contributed by atoms with Crippen LogP contribution < -0.4 is 10.6 Å². The molecule has 160 valence electrons. The van der Waals surface area contributed by atoms with Crippen molar-refractivity contribution in [3.63, 3.8) is 0 Å². The maximum atomic E-state index is 13.6. The van der Waals surface area contributed by atoms with E-state index in [1.165, 1.54) is 10.7 Å². The molecule has 0 unspecified atom stereocenters. The first-order valence-electron chi connectivity index (χ1n) is 9.40. The van der Waals surface area contributed by atoms with E-state index in [1.54, 1.807) is 26.0 Å². The monoisotopic (exact) mass is 430 g/mol. The van der Waals surface area contributed by atoms with Crippen LogP contribution in [0.3, 0.4) is 0 Å². The van der Waals surface area contributed by atoms with Gasteiger partial charge in [0.1, 0.15) is 0 Å². The van der Waals surface area contributed by atoms with Gasteiger partial charge in [-0.3, -0.25) is 4.79 Å². The molecule has 0 saturated carbocycles. The largest absolute Gasteiger partial charge is 0.416 e. The standard InChI is InChI=1S/C20H25F3N4O.ClH/c1-12-9-15(6-7-24-12)19(28)25-11-16-4-5-17(10-18(16)20(21,22)23)27-14(3)8-13(2)26-27;/h4-5,8,10,12,15,24H,6-7,9,11H2,1-3H3,(H,25,28);1H/t12-,15-;/m0./s1. The van der Waals surface area contributed by atoms with Gasteiger partial charge in [0.15, 0.2) is 0 Å². The number of halogens is 4. The fourth-order valence-corrected chi connectivity index (χ4v) is 3.70. The summed E-state index contributed by atoms with van der Waals surface area (Å²) in [5, 5.41) is 10.2. The molecule has 1 saturated heterocycles. The maximum absolute atomic E-state index is 13.6. The lowest BCUT2D eigenvalue weighted by molar-refractivity contribution is -0.138. The van der Waals surface area contributed by atoms with Gasteiger partial charge in [0.2, 0.25) is 5.91 Å². The van der Waals surface area contributed by atoms with Gasteiger partial charge in [0.25, 0.3) is 0 Å². The normalized spacial score (nSPS) is 19.5. The molecule has 1 fully saturated rings. The van der Waals surface area contributed by atoms with Crippen molar-refractivity contribution in [2.45, 2.75) is 52.4 Å². The summed E-state index contributed by atoms with van der Waals surface area (Å²) in [5.74, 6) is -0.358. The van der Waals surface area contributed by atoms with Crippen molar-refractivity contribution >= 4 is 18.3 Å². The van der Waals surface area contributed by atoms with Gasteiger partial charge in [0, 0.05) is 24.2 Å². The third-order valence-corrected chi connectivity index (χ3v) is 5.10. The minimum absolute atomic E-state index is 0. The number of alkyl halides is 3. The van der Waals surface area contributed by atoms with Crippen molar-refractivity contribution in [1.29, 1.82) is 0 Å².